The Morgan fingerprint density at radius 2 is 2.10 bits per heavy atom. The van der Waals surface area contributed by atoms with Crippen molar-refractivity contribution < 1.29 is 4.79 Å². The van der Waals surface area contributed by atoms with E-state index in [4.69, 9.17) is 11.6 Å². The van der Waals surface area contributed by atoms with Gasteiger partial charge < -0.3 is 5.32 Å². The molecule has 1 saturated carbocycles. The highest BCUT2D eigenvalue weighted by molar-refractivity contribution is 6.30. The summed E-state index contributed by atoms with van der Waals surface area (Å²) >= 11 is 5.94. The molecule has 1 aliphatic rings. The lowest BCUT2D eigenvalue weighted by atomic mass is 10.1. The van der Waals surface area contributed by atoms with Crippen LogP contribution in [0.4, 0.5) is 0 Å². The number of hydrogen-bond acceptors (Lipinski definition) is 1. The molecule has 0 aromatic heterocycles. The lowest BCUT2D eigenvalue weighted by molar-refractivity contribution is -0.123. The number of allylic oxidation sites excluding steroid dienone is 2. The van der Waals surface area contributed by atoms with Gasteiger partial charge in [0.2, 0.25) is 5.91 Å². The molecule has 2 nitrogen and oxygen atoms in total. The van der Waals surface area contributed by atoms with E-state index in [-0.39, 0.29) is 17.2 Å². The fraction of sp³-hybridized carbons (Fsp3) is 0.471. The van der Waals surface area contributed by atoms with E-state index in [0.717, 1.165) is 5.56 Å². The van der Waals surface area contributed by atoms with Crippen molar-refractivity contribution in [2.75, 3.05) is 0 Å². The maximum Gasteiger partial charge on any atom is 0.224 e. The van der Waals surface area contributed by atoms with E-state index in [0.29, 0.717) is 17.5 Å². The van der Waals surface area contributed by atoms with Crippen LogP contribution in [0.15, 0.2) is 35.9 Å². The second-order valence-electron chi connectivity index (χ2n) is 6.42. The Hall–Kier alpha value is -1.28. The standard InChI is InChI=1S/C17H22ClNO/c1-11(2)8-14-15(17(14,3)4)16(20)19-10-12-6-5-7-13(18)9-12/h5-9,14-15H,10H2,1-4H3,(H,19,20). The van der Waals surface area contributed by atoms with Gasteiger partial charge in [0.25, 0.3) is 0 Å². The highest BCUT2D eigenvalue weighted by Crippen LogP contribution is 2.59. The summed E-state index contributed by atoms with van der Waals surface area (Å²) in [5.41, 5.74) is 2.37. The zero-order valence-electron chi connectivity index (χ0n) is 12.5. The lowest BCUT2D eigenvalue weighted by Gasteiger charge is -2.06. The van der Waals surface area contributed by atoms with Crippen LogP contribution in [0.3, 0.4) is 0 Å². The van der Waals surface area contributed by atoms with E-state index >= 15 is 0 Å². The average molecular weight is 292 g/mol. The summed E-state index contributed by atoms with van der Waals surface area (Å²) in [5.74, 6) is 0.570. The monoisotopic (exact) mass is 291 g/mol. The number of nitrogens with one attached hydrogen (secondary N) is 1. The second kappa shape index (κ2) is 5.61. The molecule has 1 aliphatic carbocycles. The number of carbonyl (C=O) groups excluding carboxylic acids is 1. The molecule has 1 fully saturated rings. The number of carbonyl (C=O) groups is 1. The molecule has 0 saturated heterocycles. The van der Waals surface area contributed by atoms with Gasteiger partial charge in [-0.25, -0.2) is 0 Å². The molecule has 2 rings (SSSR count). The van der Waals surface area contributed by atoms with E-state index in [1.54, 1.807) is 0 Å². The van der Waals surface area contributed by atoms with Crippen LogP contribution in [-0.2, 0) is 11.3 Å². The van der Waals surface area contributed by atoms with Crippen molar-refractivity contribution in [1.29, 1.82) is 0 Å². The number of amides is 1. The van der Waals surface area contributed by atoms with Gasteiger partial charge in [-0.1, -0.05) is 49.2 Å². The SMILES string of the molecule is CC(C)=CC1C(C(=O)NCc2cccc(Cl)c2)C1(C)C. The highest BCUT2D eigenvalue weighted by Gasteiger charge is 2.60. The summed E-state index contributed by atoms with van der Waals surface area (Å²) in [6.07, 6.45) is 2.21. The molecule has 108 valence electrons. The maximum absolute atomic E-state index is 12.3. The van der Waals surface area contributed by atoms with Crippen LogP contribution in [0.25, 0.3) is 0 Å². The first kappa shape index (κ1) is 15.1. The molecule has 0 aliphatic heterocycles. The van der Waals surface area contributed by atoms with Crippen molar-refractivity contribution >= 4 is 17.5 Å². The molecule has 1 N–H and O–H groups in total. The minimum atomic E-state index is 0.0652. The largest absolute Gasteiger partial charge is 0.352 e. The van der Waals surface area contributed by atoms with E-state index in [1.807, 2.05) is 24.3 Å². The van der Waals surface area contributed by atoms with Gasteiger partial charge >= 0.3 is 0 Å². The van der Waals surface area contributed by atoms with Gasteiger partial charge in [0.1, 0.15) is 0 Å². The third kappa shape index (κ3) is 3.24. The van der Waals surface area contributed by atoms with Crippen LogP contribution in [-0.4, -0.2) is 5.91 Å². The van der Waals surface area contributed by atoms with Gasteiger partial charge in [-0.2, -0.15) is 0 Å². The molecule has 2 unspecified atom stereocenters. The van der Waals surface area contributed by atoms with Crippen LogP contribution >= 0.6 is 11.6 Å². The summed E-state index contributed by atoms with van der Waals surface area (Å²) in [6.45, 7) is 9.00. The fourth-order valence-corrected chi connectivity index (χ4v) is 3.01. The summed E-state index contributed by atoms with van der Waals surface area (Å²) in [5, 5.41) is 3.72. The van der Waals surface area contributed by atoms with Crippen LogP contribution in [0.1, 0.15) is 33.3 Å². The Morgan fingerprint density at radius 3 is 2.70 bits per heavy atom. The number of rotatable bonds is 4. The quantitative estimate of drug-likeness (QED) is 0.828. The highest BCUT2D eigenvalue weighted by atomic mass is 35.5. The predicted molar refractivity (Wildman–Crippen MR) is 83.5 cm³/mol. The number of hydrogen-bond donors (Lipinski definition) is 1. The van der Waals surface area contributed by atoms with Gasteiger partial charge in [0.05, 0.1) is 5.92 Å². The minimum Gasteiger partial charge on any atom is -0.352 e. The first-order valence-electron chi connectivity index (χ1n) is 6.99. The van der Waals surface area contributed by atoms with Gasteiger partial charge in [0, 0.05) is 11.6 Å². The Bertz CT molecular complexity index is 544. The Labute approximate surface area is 126 Å². The zero-order chi connectivity index (χ0) is 14.9. The molecule has 0 spiro atoms. The van der Waals surface area contributed by atoms with Crippen molar-refractivity contribution in [3.63, 3.8) is 0 Å². The average Bonchev–Trinajstić information content (AvgIpc) is 2.87. The van der Waals surface area contributed by atoms with E-state index in [9.17, 15) is 4.79 Å². The molecule has 20 heavy (non-hydrogen) atoms. The summed E-state index contributed by atoms with van der Waals surface area (Å²) in [6, 6.07) is 7.59. The second-order valence-corrected chi connectivity index (χ2v) is 6.85. The van der Waals surface area contributed by atoms with Crippen LogP contribution in [0.2, 0.25) is 5.02 Å². The minimum absolute atomic E-state index is 0.0652. The number of halogens is 1. The maximum atomic E-state index is 12.3. The molecular weight excluding hydrogens is 270 g/mol. The molecular formula is C17H22ClNO. The third-order valence-corrected chi connectivity index (χ3v) is 4.30. The first-order chi connectivity index (χ1) is 9.32. The van der Waals surface area contributed by atoms with E-state index in [1.165, 1.54) is 5.57 Å². The molecule has 3 heteroatoms. The molecule has 1 amide bonds. The van der Waals surface area contributed by atoms with Crippen molar-refractivity contribution in [3.05, 3.63) is 46.5 Å². The molecule has 0 radical (unpaired) electrons. The Kier molecular flexibility index (Phi) is 4.24. The predicted octanol–water partition coefficient (Wildman–Crippen LogP) is 4.19. The van der Waals surface area contributed by atoms with Crippen molar-refractivity contribution in [3.8, 4) is 0 Å². The van der Waals surface area contributed by atoms with Crippen LogP contribution < -0.4 is 5.32 Å². The van der Waals surface area contributed by atoms with Gasteiger partial charge in [-0.05, 0) is 42.9 Å². The zero-order valence-corrected chi connectivity index (χ0v) is 13.3. The Morgan fingerprint density at radius 1 is 1.40 bits per heavy atom. The van der Waals surface area contributed by atoms with Gasteiger partial charge in [0.15, 0.2) is 0 Å². The summed E-state index contributed by atoms with van der Waals surface area (Å²) in [4.78, 5) is 12.3. The van der Waals surface area contributed by atoms with Crippen molar-refractivity contribution in [2.24, 2.45) is 17.3 Å². The van der Waals surface area contributed by atoms with Crippen LogP contribution in [0.5, 0.6) is 0 Å². The third-order valence-electron chi connectivity index (χ3n) is 4.06. The molecule has 1 aromatic rings. The topological polar surface area (TPSA) is 29.1 Å². The van der Waals surface area contributed by atoms with E-state index < -0.39 is 0 Å². The lowest BCUT2D eigenvalue weighted by Crippen LogP contribution is -2.26. The van der Waals surface area contributed by atoms with Gasteiger partial charge in [-0.3, -0.25) is 4.79 Å². The number of benzene rings is 1. The smallest absolute Gasteiger partial charge is 0.224 e. The molecule has 0 heterocycles. The summed E-state index contributed by atoms with van der Waals surface area (Å²) in [7, 11) is 0. The van der Waals surface area contributed by atoms with Crippen molar-refractivity contribution in [2.45, 2.75) is 34.2 Å². The molecule has 2 atom stereocenters. The molecule has 0 bridgehead atoms. The first-order valence-corrected chi connectivity index (χ1v) is 7.37. The normalized spacial score (nSPS) is 23.1. The van der Waals surface area contributed by atoms with E-state index in [2.05, 4.69) is 39.1 Å². The van der Waals surface area contributed by atoms with Crippen molar-refractivity contribution in [1.82, 2.24) is 5.32 Å². The van der Waals surface area contributed by atoms with Crippen LogP contribution in [0, 0.1) is 17.3 Å². The molecule has 1 aromatic carbocycles. The Balaban J connectivity index is 1.95. The fourth-order valence-electron chi connectivity index (χ4n) is 2.79. The van der Waals surface area contributed by atoms with Gasteiger partial charge in [-0.15, -0.1) is 0 Å². The summed E-state index contributed by atoms with van der Waals surface area (Å²) < 4.78 is 0.